The molecule has 7 heteroatoms. The highest BCUT2D eigenvalue weighted by Crippen LogP contribution is 2.39. The molecule has 1 aliphatic heterocycles. The van der Waals surface area contributed by atoms with Crippen LogP contribution in [0.15, 0.2) is 36.4 Å². The van der Waals surface area contributed by atoms with E-state index in [0.717, 1.165) is 28.9 Å². The van der Waals surface area contributed by atoms with Crippen molar-refractivity contribution in [2.45, 2.75) is 20.4 Å². The Hall–Kier alpha value is -3.09. The van der Waals surface area contributed by atoms with E-state index in [9.17, 15) is 9.90 Å². The summed E-state index contributed by atoms with van der Waals surface area (Å²) in [5.74, 6) is 0.116. The van der Waals surface area contributed by atoms with Crippen molar-refractivity contribution in [1.82, 2.24) is 9.88 Å². The number of ether oxygens (including phenoxy) is 2. The molecule has 1 aromatic heterocycles. The lowest BCUT2D eigenvalue weighted by Gasteiger charge is -2.30. The number of rotatable bonds is 6. The Bertz CT molecular complexity index is 1220. The lowest BCUT2D eigenvalue weighted by Crippen LogP contribution is -2.31. The van der Waals surface area contributed by atoms with E-state index in [1.54, 1.807) is 7.11 Å². The van der Waals surface area contributed by atoms with Crippen molar-refractivity contribution >= 4 is 40.1 Å². The number of methoxy groups -OCH3 is 1. The number of pyridine rings is 1. The first-order valence-corrected chi connectivity index (χ1v) is 10.9. The zero-order valence-corrected chi connectivity index (χ0v) is 19.1. The Labute approximate surface area is 192 Å². The zero-order chi connectivity index (χ0) is 22.8. The number of hydrogen-bond donors (Lipinski definition) is 1. The summed E-state index contributed by atoms with van der Waals surface area (Å²) in [5, 5.41) is 11.2. The van der Waals surface area contributed by atoms with Crippen molar-refractivity contribution in [2.75, 3.05) is 26.8 Å². The SMILES string of the molecule is CCOc1c(Cl)cc(/C=C2/CN(CC)Cc3c2nc2ccccc2c3C(=O)O)cc1OC. The second-order valence-corrected chi connectivity index (χ2v) is 7.98. The molecule has 1 N–H and O–H groups in total. The van der Waals surface area contributed by atoms with Crippen molar-refractivity contribution in [2.24, 2.45) is 0 Å². The van der Waals surface area contributed by atoms with Crippen molar-refractivity contribution in [3.05, 3.63) is 63.8 Å². The quantitative estimate of drug-likeness (QED) is 0.542. The molecule has 4 rings (SSSR count). The van der Waals surface area contributed by atoms with Crippen LogP contribution >= 0.6 is 11.6 Å². The Morgan fingerprint density at radius 3 is 2.72 bits per heavy atom. The molecular weight excluding hydrogens is 428 g/mol. The van der Waals surface area contributed by atoms with Crippen LogP contribution in [0.25, 0.3) is 22.6 Å². The summed E-state index contributed by atoms with van der Waals surface area (Å²) in [4.78, 5) is 19.3. The first-order chi connectivity index (χ1) is 15.5. The van der Waals surface area contributed by atoms with Gasteiger partial charge in [-0.25, -0.2) is 9.78 Å². The lowest BCUT2D eigenvalue weighted by molar-refractivity contribution is 0.0696. The fourth-order valence-electron chi connectivity index (χ4n) is 4.16. The van der Waals surface area contributed by atoms with Crippen LogP contribution in [0.2, 0.25) is 5.02 Å². The second-order valence-electron chi connectivity index (χ2n) is 7.58. The maximum absolute atomic E-state index is 12.3. The smallest absolute Gasteiger partial charge is 0.336 e. The van der Waals surface area contributed by atoms with Gasteiger partial charge in [-0.15, -0.1) is 0 Å². The minimum Gasteiger partial charge on any atom is -0.493 e. The molecule has 2 aromatic carbocycles. The number of carboxylic acids is 1. The van der Waals surface area contributed by atoms with Gasteiger partial charge in [0.15, 0.2) is 11.5 Å². The Morgan fingerprint density at radius 1 is 1.25 bits per heavy atom. The highest BCUT2D eigenvalue weighted by atomic mass is 35.5. The molecule has 0 saturated heterocycles. The van der Waals surface area contributed by atoms with Gasteiger partial charge >= 0.3 is 5.97 Å². The van der Waals surface area contributed by atoms with Gasteiger partial charge in [0.25, 0.3) is 0 Å². The van der Waals surface area contributed by atoms with Crippen LogP contribution in [0.1, 0.15) is 41.0 Å². The van der Waals surface area contributed by atoms with Gasteiger partial charge in [0.2, 0.25) is 0 Å². The van der Waals surface area contributed by atoms with Crippen LogP contribution < -0.4 is 9.47 Å². The number of hydrogen-bond acceptors (Lipinski definition) is 5. The number of carbonyl (C=O) groups is 1. The van der Waals surface area contributed by atoms with Gasteiger partial charge < -0.3 is 14.6 Å². The highest BCUT2D eigenvalue weighted by Gasteiger charge is 2.28. The fourth-order valence-corrected chi connectivity index (χ4v) is 4.43. The van der Waals surface area contributed by atoms with Crippen molar-refractivity contribution < 1.29 is 19.4 Å². The number of carboxylic acid groups (broad SMARTS) is 1. The second kappa shape index (κ2) is 9.18. The van der Waals surface area contributed by atoms with E-state index in [4.69, 9.17) is 26.1 Å². The van der Waals surface area contributed by atoms with E-state index in [-0.39, 0.29) is 0 Å². The molecule has 6 nitrogen and oxygen atoms in total. The van der Waals surface area contributed by atoms with E-state index in [1.165, 1.54) is 0 Å². The van der Waals surface area contributed by atoms with Crippen LogP contribution in [-0.4, -0.2) is 47.8 Å². The van der Waals surface area contributed by atoms with Crippen LogP contribution in [-0.2, 0) is 6.54 Å². The number of para-hydroxylation sites is 1. The molecule has 166 valence electrons. The van der Waals surface area contributed by atoms with Crippen molar-refractivity contribution in [1.29, 1.82) is 0 Å². The van der Waals surface area contributed by atoms with Gasteiger partial charge in [-0.2, -0.15) is 0 Å². The summed E-state index contributed by atoms with van der Waals surface area (Å²) >= 11 is 6.47. The maximum Gasteiger partial charge on any atom is 0.336 e. The summed E-state index contributed by atoms with van der Waals surface area (Å²) < 4.78 is 11.1. The number of halogens is 1. The van der Waals surface area contributed by atoms with E-state index in [2.05, 4.69) is 11.8 Å². The molecule has 0 atom stereocenters. The number of fused-ring (bicyclic) bond motifs is 2. The number of aromatic carboxylic acids is 1. The fraction of sp³-hybridized carbons (Fsp3) is 0.280. The topological polar surface area (TPSA) is 71.9 Å². The van der Waals surface area contributed by atoms with Crippen molar-refractivity contribution in [3.63, 3.8) is 0 Å². The molecule has 0 bridgehead atoms. The first-order valence-electron chi connectivity index (χ1n) is 10.5. The molecule has 0 fully saturated rings. The van der Waals surface area contributed by atoms with E-state index < -0.39 is 5.97 Å². The van der Waals surface area contributed by atoms with Crippen LogP contribution in [0.4, 0.5) is 0 Å². The Morgan fingerprint density at radius 2 is 2.03 bits per heavy atom. The largest absolute Gasteiger partial charge is 0.493 e. The maximum atomic E-state index is 12.3. The summed E-state index contributed by atoms with van der Waals surface area (Å²) in [6.07, 6.45) is 2.00. The summed E-state index contributed by atoms with van der Waals surface area (Å²) in [6.45, 7) is 6.41. The molecule has 32 heavy (non-hydrogen) atoms. The summed E-state index contributed by atoms with van der Waals surface area (Å²) in [6, 6.07) is 11.1. The van der Waals surface area contributed by atoms with Gasteiger partial charge in [-0.1, -0.05) is 36.7 Å². The predicted octanol–water partition coefficient (Wildman–Crippen LogP) is 5.37. The normalized spacial score (nSPS) is 15.1. The zero-order valence-electron chi connectivity index (χ0n) is 18.3. The van der Waals surface area contributed by atoms with E-state index in [0.29, 0.717) is 52.7 Å². The minimum absolute atomic E-state index is 0.317. The monoisotopic (exact) mass is 452 g/mol. The van der Waals surface area contributed by atoms with E-state index in [1.807, 2.05) is 49.4 Å². The molecule has 0 amide bonds. The van der Waals surface area contributed by atoms with Crippen LogP contribution in [0.5, 0.6) is 11.5 Å². The highest BCUT2D eigenvalue weighted by molar-refractivity contribution is 6.32. The molecule has 0 radical (unpaired) electrons. The van der Waals surface area contributed by atoms with Gasteiger partial charge in [-0.05, 0) is 48.9 Å². The van der Waals surface area contributed by atoms with Crippen LogP contribution in [0.3, 0.4) is 0 Å². The number of benzene rings is 2. The number of likely N-dealkylation sites (N-methyl/N-ethyl adjacent to an activating group) is 1. The average molecular weight is 453 g/mol. The first kappa shape index (κ1) is 22.1. The van der Waals surface area contributed by atoms with E-state index >= 15 is 0 Å². The third kappa shape index (κ3) is 4.04. The predicted molar refractivity (Wildman–Crippen MR) is 127 cm³/mol. The summed E-state index contributed by atoms with van der Waals surface area (Å²) in [5.41, 5.74) is 4.21. The molecular formula is C25H25ClN2O4. The molecule has 0 unspecified atom stereocenters. The van der Waals surface area contributed by atoms with Gasteiger partial charge in [-0.3, -0.25) is 4.90 Å². The third-order valence-electron chi connectivity index (χ3n) is 5.62. The Balaban J connectivity index is 1.93. The van der Waals surface area contributed by atoms with Gasteiger partial charge in [0, 0.05) is 24.0 Å². The molecule has 0 spiro atoms. The van der Waals surface area contributed by atoms with Gasteiger partial charge in [0.05, 0.1) is 35.5 Å². The minimum atomic E-state index is -0.942. The average Bonchev–Trinajstić information content (AvgIpc) is 2.78. The molecule has 1 aliphatic rings. The summed E-state index contributed by atoms with van der Waals surface area (Å²) in [7, 11) is 1.58. The molecule has 3 aromatic rings. The molecule has 0 aliphatic carbocycles. The van der Waals surface area contributed by atoms with Crippen molar-refractivity contribution in [3.8, 4) is 11.5 Å². The Kier molecular flexibility index (Phi) is 6.35. The molecule has 2 heterocycles. The number of nitrogens with zero attached hydrogens (tertiary/aromatic N) is 2. The third-order valence-corrected chi connectivity index (χ3v) is 5.90. The number of aromatic nitrogens is 1. The molecule has 0 saturated carbocycles. The lowest BCUT2D eigenvalue weighted by atomic mass is 9.92. The van der Waals surface area contributed by atoms with Gasteiger partial charge in [0.1, 0.15) is 0 Å². The standard InChI is InChI=1S/C25H25ClN2O4/c1-4-28-13-16(10-15-11-19(26)24(32-5-2)21(12-15)31-3)23-18(14-28)22(25(29)30)17-8-6-7-9-20(17)27-23/h6-12H,4-5,13-14H2,1-3H3,(H,29,30)/b16-10-. The van der Waals surface area contributed by atoms with Crippen LogP contribution in [0, 0.1) is 0 Å².